The molecule has 0 aliphatic rings. The second-order valence-corrected chi connectivity index (χ2v) is 13.7. The molecule has 6 nitrogen and oxygen atoms in total. The molecule has 0 amide bonds. The third-order valence-electron chi connectivity index (χ3n) is 4.91. The predicted molar refractivity (Wildman–Crippen MR) is 164 cm³/mol. The summed E-state index contributed by atoms with van der Waals surface area (Å²) in [5, 5.41) is 0. The van der Waals surface area contributed by atoms with Crippen LogP contribution in [0.5, 0.6) is 0 Å². The van der Waals surface area contributed by atoms with E-state index in [0.29, 0.717) is 0 Å². The molecule has 0 aliphatic heterocycles. The van der Waals surface area contributed by atoms with Gasteiger partial charge in [0.2, 0.25) is 0 Å². The van der Waals surface area contributed by atoms with Crippen LogP contribution in [0.15, 0.2) is 0 Å². The van der Waals surface area contributed by atoms with Crippen LogP contribution in [0.4, 0.5) is 0 Å². The van der Waals surface area contributed by atoms with Crippen LogP contribution in [-0.4, -0.2) is 80.7 Å². The molecule has 0 aliphatic carbocycles. The van der Waals surface area contributed by atoms with Crippen LogP contribution in [0.3, 0.4) is 0 Å². The van der Waals surface area contributed by atoms with Crippen LogP contribution in [-0.2, 0) is 23.6 Å². The summed E-state index contributed by atoms with van der Waals surface area (Å²) in [5.74, 6) is 0. The summed E-state index contributed by atoms with van der Waals surface area (Å²) in [4.78, 5) is 45.3. The van der Waals surface area contributed by atoms with Gasteiger partial charge in [0, 0.05) is 0 Å². The summed E-state index contributed by atoms with van der Waals surface area (Å²) in [5.41, 5.74) is 0. The fourth-order valence-electron chi connectivity index (χ4n) is 3.12. The van der Waals surface area contributed by atoms with Gasteiger partial charge in [0.15, 0.2) is 0 Å². The molecule has 6 N–H and O–H groups in total. The summed E-state index contributed by atoms with van der Waals surface area (Å²) in [6.45, 7) is 1.50. The van der Waals surface area contributed by atoms with Crippen LogP contribution >= 0.6 is 13.4 Å². The third-order valence-corrected chi connectivity index (χ3v) is 4.91. The van der Waals surface area contributed by atoms with Gasteiger partial charge in [-0.05, 0) is 23.6 Å². The number of rotatable bonds is 18. The second kappa shape index (κ2) is 38.8. The summed E-state index contributed by atoms with van der Waals surface area (Å²) in [6, 6.07) is 0. The SMILES string of the molecule is CCCCCCCCCCCC.CCCCCCCCCCCC.OP(O)(O)=S.OP(O)(O)=S.[KH]. The molecule has 0 aromatic heterocycles. The molecule has 0 rings (SSSR count). The number of unbranched alkanes of at least 4 members (excludes halogenated alkanes) is 18. The van der Waals surface area contributed by atoms with Crippen molar-refractivity contribution in [3.63, 3.8) is 0 Å². The van der Waals surface area contributed by atoms with E-state index in [9.17, 15) is 0 Å². The van der Waals surface area contributed by atoms with Crippen molar-refractivity contribution in [1.29, 1.82) is 0 Å². The zero-order valence-electron chi connectivity index (χ0n) is 22.5. The first kappa shape index (κ1) is 47.5. The molecule has 0 fully saturated rings. The molecule has 0 bridgehead atoms. The van der Waals surface area contributed by atoms with Crippen molar-refractivity contribution in [3.8, 4) is 0 Å². The van der Waals surface area contributed by atoms with Gasteiger partial charge in [-0.15, -0.1) is 0 Å². The molecule has 0 spiro atoms. The van der Waals surface area contributed by atoms with Crippen molar-refractivity contribution in [2.75, 3.05) is 0 Å². The van der Waals surface area contributed by atoms with E-state index in [2.05, 4.69) is 51.3 Å². The molecule has 0 aromatic rings. The van der Waals surface area contributed by atoms with Crippen LogP contribution in [0, 0.1) is 0 Å². The average Bonchev–Trinajstić information content (AvgIpc) is 2.70. The molecule has 35 heavy (non-hydrogen) atoms. The molecule has 0 aromatic carbocycles. The predicted octanol–water partition coefficient (Wildman–Crippen LogP) is 7.58. The summed E-state index contributed by atoms with van der Waals surface area (Å²) in [6.07, 6.45) is 28.9. The first-order chi connectivity index (χ1) is 15.8. The van der Waals surface area contributed by atoms with Gasteiger partial charge in [0.1, 0.15) is 0 Å². The van der Waals surface area contributed by atoms with Crippen molar-refractivity contribution >= 4 is 88.4 Å². The van der Waals surface area contributed by atoms with E-state index in [1.165, 1.54) is 128 Å². The summed E-state index contributed by atoms with van der Waals surface area (Å²) >= 11 is 7.21. The van der Waals surface area contributed by atoms with Crippen molar-refractivity contribution in [2.24, 2.45) is 0 Å². The van der Waals surface area contributed by atoms with E-state index >= 15 is 0 Å². The molecule has 0 heterocycles. The zero-order valence-corrected chi connectivity index (χ0v) is 26.0. The van der Waals surface area contributed by atoms with Gasteiger partial charge in [0.05, 0.1) is 0 Å². The van der Waals surface area contributed by atoms with Gasteiger partial charge in [0.25, 0.3) is 0 Å². The Balaban J connectivity index is -0.000000122. The molecule has 0 radical (unpaired) electrons. The minimum absolute atomic E-state index is 0. The third kappa shape index (κ3) is 103. The molecule has 0 atom stereocenters. The first-order valence-corrected chi connectivity index (χ1v) is 18.7. The second-order valence-electron chi connectivity index (χ2n) is 8.68. The Labute approximate surface area is 271 Å². The summed E-state index contributed by atoms with van der Waals surface area (Å²) in [7, 11) is 0. The number of hydrogen-bond acceptors (Lipinski definition) is 2. The Kier molecular flexibility index (Phi) is 52.7. The van der Waals surface area contributed by atoms with Gasteiger partial charge in [-0.2, -0.15) is 0 Å². The van der Waals surface area contributed by atoms with Crippen molar-refractivity contribution in [2.45, 2.75) is 156 Å². The van der Waals surface area contributed by atoms with Crippen molar-refractivity contribution < 1.29 is 29.4 Å². The maximum absolute atomic E-state index is 7.56. The van der Waals surface area contributed by atoms with E-state index in [0.717, 1.165) is 0 Å². The quantitative estimate of drug-likeness (QED) is 0.0535. The van der Waals surface area contributed by atoms with E-state index < -0.39 is 13.4 Å². The normalized spacial score (nSPS) is 10.6. The topological polar surface area (TPSA) is 121 Å². The first-order valence-electron chi connectivity index (χ1n) is 13.4. The van der Waals surface area contributed by atoms with Gasteiger partial charge in [-0.25, -0.2) is 0 Å². The van der Waals surface area contributed by atoms with Gasteiger partial charge < -0.3 is 29.4 Å². The summed E-state index contributed by atoms with van der Waals surface area (Å²) < 4.78 is 0. The van der Waals surface area contributed by atoms with Crippen LogP contribution in [0.2, 0.25) is 0 Å². The Hall–Kier alpha value is 2.70. The van der Waals surface area contributed by atoms with Crippen LogP contribution < -0.4 is 0 Å². The molecular formula is C24H59KO6P2S2. The maximum atomic E-state index is 7.56. The Morgan fingerprint density at radius 1 is 0.343 bits per heavy atom. The van der Waals surface area contributed by atoms with Crippen LogP contribution in [0.1, 0.15) is 156 Å². The van der Waals surface area contributed by atoms with Crippen LogP contribution in [0.25, 0.3) is 0 Å². The Morgan fingerprint density at radius 3 is 0.514 bits per heavy atom. The minimum atomic E-state index is -3.81. The van der Waals surface area contributed by atoms with E-state index in [4.69, 9.17) is 29.4 Å². The Morgan fingerprint density at radius 2 is 0.429 bits per heavy atom. The molecule has 11 heteroatoms. The molecule has 214 valence electrons. The van der Waals surface area contributed by atoms with Gasteiger partial charge >= 0.3 is 64.8 Å². The standard InChI is InChI=1S/2C12H26.K.2H3O3PS.H/c2*1-3-5-7-9-11-12-10-8-6-4-2;;2*1-4(2,3)5;/h2*3-12H2,1-2H3;;2*(H3,1,2,3,5);. The zero-order chi connectivity index (χ0) is 27.1. The molecule has 0 saturated heterocycles. The van der Waals surface area contributed by atoms with Gasteiger partial charge in [-0.1, -0.05) is 156 Å². The molecule has 0 saturated carbocycles. The van der Waals surface area contributed by atoms with Crippen molar-refractivity contribution in [3.05, 3.63) is 0 Å². The molecule has 0 unspecified atom stereocenters. The fourth-order valence-corrected chi connectivity index (χ4v) is 3.12. The van der Waals surface area contributed by atoms with Crippen molar-refractivity contribution in [1.82, 2.24) is 0 Å². The number of hydrogen-bond donors (Lipinski definition) is 6. The fraction of sp³-hybridized carbons (Fsp3) is 1.00. The molecular weight excluding hydrogens is 549 g/mol. The monoisotopic (exact) mass is 608 g/mol. The Bertz CT molecular complexity index is 375. The van der Waals surface area contributed by atoms with Gasteiger partial charge in [-0.3, -0.25) is 0 Å². The van der Waals surface area contributed by atoms with E-state index in [1.54, 1.807) is 0 Å². The average molecular weight is 609 g/mol. The van der Waals surface area contributed by atoms with E-state index in [-0.39, 0.29) is 51.4 Å². The van der Waals surface area contributed by atoms with E-state index in [1.807, 2.05) is 0 Å².